The fraction of sp³-hybridized carbons (Fsp3) is 0.846. The molecule has 0 saturated carbocycles. The van der Waals surface area contributed by atoms with Crippen LogP contribution in [0.25, 0.3) is 0 Å². The average molecular weight is 275 g/mol. The molecule has 0 aromatic rings. The Hall–Kier alpha value is -1.14. The largest absolute Gasteiger partial charge is 0.481 e. The zero-order chi connectivity index (χ0) is 14.7. The quantitative estimate of drug-likeness (QED) is 0.521. The molecule has 1 aliphatic heterocycles. The number of aliphatic carboxylic acids is 2. The van der Waals surface area contributed by atoms with Crippen molar-refractivity contribution in [3.05, 3.63) is 0 Å². The first kappa shape index (κ1) is 17.9. The van der Waals surface area contributed by atoms with Gasteiger partial charge in [-0.1, -0.05) is 32.6 Å². The summed E-state index contributed by atoms with van der Waals surface area (Å²) < 4.78 is 0. The van der Waals surface area contributed by atoms with Crippen molar-refractivity contribution in [3.63, 3.8) is 0 Å². The van der Waals surface area contributed by atoms with E-state index < -0.39 is 24.1 Å². The van der Waals surface area contributed by atoms with Gasteiger partial charge in [-0.15, -0.1) is 0 Å². The summed E-state index contributed by atoms with van der Waals surface area (Å²) in [4.78, 5) is 20.2. The molecule has 0 spiro atoms. The van der Waals surface area contributed by atoms with Crippen LogP contribution in [0.1, 0.15) is 51.9 Å². The summed E-state index contributed by atoms with van der Waals surface area (Å²) in [5.74, 6) is -1.64. The summed E-state index contributed by atoms with van der Waals surface area (Å²) in [5, 5.41) is 28.2. The number of nitrogens with one attached hydrogen (secondary N) is 1. The molecule has 1 rings (SSSR count). The molecule has 0 aromatic carbocycles. The van der Waals surface area contributed by atoms with Gasteiger partial charge >= 0.3 is 11.9 Å². The maximum absolute atomic E-state index is 10.2. The van der Waals surface area contributed by atoms with E-state index in [1.165, 1.54) is 19.3 Å². The molecule has 0 aromatic heterocycles. The molecule has 0 amide bonds. The van der Waals surface area contributed by atoms with E-state index in [0.717, 1.165) is 12.8 Å². The van der Waals surface area contributed by atoms with Gasteiger partial charge in [0.15, 0.2) is 0 Å². The fourth-order valence-electron chi connectivity index (χ4n) is 1.82. The molecular formula is C13H25NO5. The average Bonchev–Trinajstić information content (AvgIpc) is 2.76. The molecule has 0 aliphatic carbocycles. The van der Waals surface area contributed by atoms with Crippen LogP contribution >= 0.6 is 0 Å². The molecule has 0 radical (unpaired) electrons. The molecule has 1 fully saturated rings. The van der Waals surface area contributed by atoms with E-state index in [4.69, 9.17) is 15.3 Å². The minimum absolute atomic E-state index is 0.337. The molecular weight excluding hydrogens is 250 g/mol. The molecule has 1 aliphatic rings. The second-order valence-corrected chi connectivity index (χ2v) is 4.68. The summed E-state index contributed by atoms with van der Waals surface area (Å²) in [6, 6.07) is -0.745. The standard InChI is InChI=1S/C8H16O2.C5H9NO3/c1-2-3-4-5-6-7-8(9)10;7-3-1-2-6-4(3)5(8)9/h2-7H2,1H3,(H,9,10);3-4,6-7H,1-2H2,(H,8,9)/t;3?,4-/m.0/s1. The van der Waals surface area contributed by atoms with Crippen molar-refractivity contribution in [2.45, 2.75) is 64.0 Å². The van der Waals surface area contributed by atoms with Crippen molar-refractivity contribution in [2.24, 2.45) is 0 Å². The molecule has 4 N–H and O–H groups in total. The summed E-state index contributed by atoms with van der Waals surface area (Å²) in [6.07, 6.45) is 5.72. The monoisotopic (exact) mass is 275 g/mol. The molecule has 112 valence electrons. The Labute approximate surface area is 113 Å². The number of hydrogen-bond donors (Lipinski definition) is 4. The van der Waals surface area contributed by atoms with Gasteiger partial charge in [0.1, 0.15) is 6.04 Å². The maximum Gasteiger partial charge on any atom is 0.323 e. The number of aliphatic hydroxyl groups excluding tert-OH is 1. The second kappa shape index (κ2) is 10.8. The van der Waals surface area contributed by atoms with Crippen LogP contribution in [0, 0.1) is 0 Å². The van der Waals surface area contributed by atoms with E-state index >= 15 is 0 Å². The van der Waals surface area contributed by atoms with Crippen molar-refractivity contribution in [1.29, 1.82) is 0 Å². The smallest absolute Gasteiger partial charge is 0.323 e. The predicted molar refractivity (Wildman–Crippen MR) is 71.1 cm³/mol. The van der Waals surface area contributed by atoms with Crippen molar-refractivity contribution in [1.82, 2.24) is 5.32 Å². The van der Waals surface area contributed by atoms with Crippen molar-refractivity contribution in [2.75, 3.05) is 6.54 Å². The lowest BCUT2D eigenvalue weighted by Crippen LogP contribution is -2.38. The van der Waals surface area contributed by atoms with Gasteiger partial charge in [-0.2, -0.15) is 0 Å². The first-order valence-electron chi connectivity index (χ1n) is 6.85. The zero-order valence-corrected chi connectivity index (χ0v) is 11.5. The normalized spacial score (nSPS) is 21.6. The van der Waals surface area contributed by atoms with E-state index in [1.54, 1.807) is 0 Å². The van der Waals surface area contributed by atoms with Gasteiger partial charge in [-0.25, -0.2) is 0 Å². The van der Waals surface area contributed by atoms with Gasteiger partial charge in [-0.3, -0.25) is 9.59 Å². The third kappa shape index (κ3) is 9.44. The Bertz CT molecular complexity index is 270. The second-order valence-electron chi connectivity index (χ2n) is 4.68. The minimum Gasteiger partial charge on any atom is -0.481 e. The number of carbonyl (C=O) groups is 2. The maximum atomic E-state index is 10.2. The molecule has 0 bridgehead atoms. The Morgan fingerprint density at radius 3 is 2.16 bits per heavy atom. The Morgan fingerprint density at radius 1 is 1.16 bits per heavy atom. The predicted octanol–water partition coefficient (Wildman–Crippen LogP) is 1.23. The van der Waals surface area contributed by atoms with E-state index in [1.807, 2.05) is 0 Å². The van der Waals surface area contributed by atoms with Crippen LogP contribution in [0.5, 0.6) is 0 Å². The SMILES string of the molecule is CCCCCCCC(=O)O.O=C(O)[C@H]1NCCC1O. The number of aliphatic hydroxyl groups is 1. The molecule has 19 heavy (non-hydrogen) atoms. The molecule has 1 unspecified atom stereocenters. The highest BCUT2D eigenvalue weighted by molar-refractivity contribution is 5.74. The van der Waals surface area contributed by atoms with Crippen LogP contribution in [0.15, 0.2) is 0 Å². The van der Waals surface area contributed by atoms with E-state index in [-0.39, 0.29) is 0 Å². The number of rotatable bonds is 7. The van der Waals surface area contributed by atoms with Crippen molar-refractivity contribution < 1.29 is 24.9 Å². The number of carboxylic acid groups (broad SMARTS) is 2. The minimum atomic E-state index is -0.972. The van der Waals surface area contributed by atoms with Crippen LogP contribution in [0.2, 0.25) is 0 Å². The van der Waals surface area contributed by atoms with Gasteiger partial charge in [-0.05, 0) is 19.4 Å². The molecule has 6 nitrogen and oxygen atoms in total. The Morgan fingerprint density at radius 2 is 1.79 bits per heavy atom. The van der Waals surface area contributed by atoms with Gasteiger partial charge in [0.05, 0.1) is 6.10 Å². The van der Waals surface area contributed by atoms with Crippen LogP contribution in [-0.4, -0.2) is 45.9 Å². The highest BCUT2D eigenvalue weighted by atomic mass is 16.4. The lowest BCUT2D eigenvalue weighted by atomic mass is 10.1. The van der Waals surface area contributed by atoms with Crippen molar-refractivity contribution >= 4 is 11.9 Å². The van der Waals surface area contributed by atoms with E-state index in [0.29, 0.717) is 19.4 Å². The lowest BCUT2D eigenvalue weighted by molar-refractivity contribution is -0.141. The van der Waals surface area contributed by atoms with Crippen LogP contribution < -0.4 is 5.32 Å². The molecule has 2 atom stereocenters. The molecule has 1 heterocycles. The lowest BCUT2D eigenvalue weighted by Gasteiger charge is -2.06. The fourth-order valence-corrected chi connectivity index (χ4v) is 1.82. The van der Waals surface area contributed by atoms with Gasteiger partial charge in [0, 0.05) is 6.42 Å². The molecule has 1 saturated heterocycles. The third-order valence-electron chi connectivity index (χ3n) is 2.95. The number of hydrogen-bond acceptors (Lipinski definition) is 4. The van der Waals surface area contributed by atoms with Gasteiger partial charge in [0.2, 0.25) is 0 Å². The summed E-state index contributed by atoms with van der Waals surface area (Å²) >= 11 is 0. The Kier molecular flexibility index (Phi) is 10.1. The van der Waals surface area contributed by atoms with Crippen LogP contribution in [0.3, 0.4) is 0 Å². The summed E-state index contributed by atoms with van der Waals surface area (Å²) in [6.45, 7) is 2.75. The van der Waals surface area contributed by atoms with E-state index in [9.17, 15) is 9.59 Å². The van der Waals surface area contributed by atoms with Crippen molar-refractivity contribution in [3.8, 4) is 0 Å². The number of unbranched alkanes of at least 4 members (excludes halogenated alkanes) is 4. The summed E-state index contributed by atoms with van der Waals surface area (Å²) in [5.41, 5.74) is 0. The first-order valence-corrected chi connectivity index (χ1v) is 6.85. The molecule has 6 heteroatoms. The third-order valence-corrected chi connectivity index (χ3v) is 2.95. The Balaban J connectivity index is 0.000000342. The first-order chi connectivity index (χ1) is 8.99. The van der Waals surface area contributed by atoms with Gasteiger partial charge < -0.3 is 20.6 Å². The van der Waals surface area contributed by atoms with Gasteiger partial charge in [0.25, 0.3) is 0 Å². The zero-order valence-electron chi connectivity index (χ0n) is 11.5. The topological polar surface area (TPSA) is 107 Å². The highest BCUT2D eigenvalue weighted by Crippen LogP contribution is 2.05. The highest BCUT2D eigenvalue weighted by Gasteiger charge is 2.30. The number of carboxylic acids is 2. The van der Waals surface area contributed by atoms with Crippen LogP contribution in [-0.2, 0) is 9.59 Å². The summed E-state index contributed by atoms with van der Waals surface area (Å²) in [7, 11) is 0. The van der Waals surface area contributed by atoms with Crippen LogP contribution in [0.4, 0.5) is 0 Å². The van der Waals surface area contributed by atoms with E-state index in [2.05, 4.69) is 12.2 Å².